The Hall–Kier alpha value is -3.55. The molecule has 0 radical (unpaired) electrons. The fraction of sp³-hybridized carbons (Fsp3) is 0.0385. The van der Waals surface area contributed by atoms with Crippen molar-refractivity contribution in [2.24, 2.45) is 0 Å². The van der Waals surface area contributed by atoms with Crippen LogP contribution in [0, 0.1) is 6.92 Å². The summed E-state index contributed by atoms with van der Waals surface area (Å²) in [5.41, 5.74) is 2.92. The zero-order valence-corrected chi connectivity index (χ0v) is 20.0. The molecule has 164 valence electrons. The van der Waals surface area contributed by atoms with Crippen LogP contribution in [0.25, 0.3) is 0 Å². The van der Waals surface area contributed by atoms with Gasteiger partial charge >= 0.3 is 0 Å². The van der Waals surface area contributed by atoms with Crippen LogP contribution in [0.1, 0.15) is 41.5 Å². The van der Waals surface area contributed by atoms with Gasteiger partial charge in [-0.2, -0.15) is 0 Å². The van der Waals surface area contributed by atoms with Gasteiger partial charge in [0.15, 0.2) is 5.78 Å². The molecule has 3 aromatic carbocycles. The van der Waals surface area contributed by atoms with Crippen molar-refractivity contribution in [3.05, 3.63) is 116 Å². The number of amides is 2. The second kappa shape index (κ2) is 9.94. The zero-order valence-electron chi connectivity index (χ0n) is 17.6. The number of thiophene rings is 1. The third kappa shape index (κ3) is 5.27. The first-order valence-electron chi connectivity index (χ1n) is 10.1. The molecular weight excluding hydrogens is 500 g/mol. The summed E-state index contributed by atoms with van der Waals surface area (Å²) in [4.78, 5) is 39.4. The Bertz CT molecular complexity index is 1350. The molecule has 0 atom stereocenters. The summed E-state index contributed by atoms with van der Waals surface area (Å²) in [6, 6.07) is 24.5. The highest BCUT2D eigenvalue weighted by atomic mass is 79.9. The summed E-state index contributed by atoms with van der Waals surface area (Å²) in [5, 5.41) is 5.65. The molecular formula is C26H19BrN2O3S. The minimum Gasteiger partial charge on any atom is -0.321 e. The summed E-state index contributed by atoms with van der Waals surface area (Å²) in [7, 11) is 0. The van der Waals surface area contributed by atoms with Crippen molar-refractivity contribution >= 4 is 56.2 Å². The molecule has 7 heteroatoms. The quantitative estimate of drug-likeness (QED) is 0.284. The van der Waals surface area contributed by atoms with Gasteiger partial charge in [0.05, 0.1) is 25.6 Å². The molecule has 0 saturated heterocycles. The van der Waals surface area contributed by atoms with Gasteiger partial charge in [-0.15, -0.1) is 11.3 Å². The van der Waals surface area contributed by atoms with E-state index in [-0.39, 0.29) is 11.7 Å². The van der Waals surface area contributed by atoms with Gasteiger partial charge in [-0.25, -0.2) is 0 Å². The SMILES string of the molecule is Cc1ccc(NC(=O)c2ccccc2NC(=O)c2ccc(Br)s2)c(C(=O)c2ccccc2)c1. The number of benzene rings is 3. The smallest absolute Gasteiger partial charge is 0.265 e. The summed E-state index contributed by atoms with van der Waals surface area (Å²) in [5.74, 6) is -0.912. The van der Waals surface area contributed by atoms with Gasteiger partial charge in [0.2, 0.25) is 0 Å². The van der Waals surface area contributed by atoms with E-state index in [2.05, 4.69) is 26.6 Å². The van der Waals surface area contributed by atoms with Crippen LogP contribution in [0.4, 0.5) is 11.4 Å². The van der Waals surface area contributed by atoms with E-state index in [1.807, 2.05) is 19.1 Å². The molecule has 0 bridgehead atoms. The fourth-order valence-electron chi connectivity index (χ4n) is 3.30. The number of para-hydroxylation sites is 1. The third-order valence-electron chi connectivity index (χ3n) is 4.92. The Morgan fingerprint density at radius 3 is 2.12 bits per heavy atom. The van der Waals surface area contributed by atoms with Gasteiger partial charge < -0.3 is 10.6 Å². The highest BCUT2D eigenvalue weighted by Gasteiger charge is 2.19. The van der Waals surface area contributed by atoms with Crippen LogP contribution in [0.2, 0.25) is 0 Å². The molecule has 1 heterocycles. The number of hydrogen-bond acceptors (Lipinski definition) is 4. The minimum atomic E-state index is -0.427. The summed E-state index contributed by atoms with van der Waals surface area (Å²) in [6.07, 6.45) is 0. The van der Waals surface area contributed by atoms with Crippen LogP contribution in [0.5, 0.6) is 0 Å². The maximum Gasteiger partial charge on any atom is 0.265 e. The molecule has 0 spiro atoms. The van der Waals surface area contributed by atoms with E-state index < -0.39 is 5.91 Å². The highest BCUT2D eigenvalue weighted by Crippen LogP contribution is 2.26. The van der Waals surface area contributed by atoms with Crippen molar-refractivity contribution in [2.45, 2.75) is 6.92 Å². The average molecular weight is 519 g/mol. The number of nitrogens with one attached hydrogen (secondary N) is 2. The van der Waals surface area contributed by atoms with Crippen LogP contribution in [0.15, 0.2) is 88.7 Å². The lowest BCUT2D eigenvalue weighted by atomic mass is 9.99. The van der Waals surface area contributed by atoms with Crippen molar-refractivity contribution in [2.75, 3.05) is 10.6 Å². The molecule has 4 aromatic rings. The number of rotatable bonds is 6. The Morgan fingerprint density at radius 1 is 0.727 bits per heavy atom. The Kier molecular flexibility index (Phi) is 6.82. The van der Waals surface area contributed by atoms with Crippen molar-refractivity contribution in [1.29, 1.82) is 0 Å². The van der Waals surface area contributed by atoms with Crippen molar-refractivity contribution in [3.8, 4) is 0 Å². The van der Waals surface area contributed by atoms with Gasteiger partial charge in [-0.1, -0.05) is 54.1 Å². The van der Waals surface area contributed by atoms with Gasteiger partial charge in [0.25, 0.3) is 11.8 Å². The van der Waals surface area contributed by atoms with E-state index in [1.165, 1.54) is 11.3 Å². The molecule has 5 nitrogen and oxygen atoms in total. The van der Waals surface area contributed by atoms with E-state index in [4.69, 9.17) is 0 Å². The predicted molar refractivity (Wildman–Crippen MR) is 135 cm³/mol. The number of anilines is 2. The average Bonchev–Trinajstić information content (AvgIpc) is 3.27. The lowest BCUT2D eigenvalue weighted by molar-refractivity contribution is 0.102. The summed E-state index contributed by atoms with van der Waals surface area (Å²) in [6.45, 7) is 1.89. The number of carbonyl (C=O) groups is 3. The topological polar surface area (TPSA) is 75.3 Å². The Morgan fingerprint density at radius 2 is 1.39 bits per heavy atom. The van der Waals surface area contributed by atoms with Gasteiger partial charge in [-0.05, 0) is 59.3 Å². The van der Waals surface area contributed by atoms with E-state index >= 15 is 0 Å². The molecule has 0 aliphatic rings. The maximum atomic E-state index is 13.2. The fourth-order valence-corrected chi connectivity index (χ4v) is 4.58. The first-order chi connectivity index (χ1) is 15.9. The van der Waals surface area contributed by atoms with Crippen molar-refractivity contribution < 1.29 is 14.4 Å². The standard InChI is InChI=1S/C26H19BrN2O3S/c1-16-11-12-21(19(15-16)24(30)17-7-3-2-4-8-17)28-25(31)18-9-5-6-10-20(18)29-26(32)22-13-14-23(27)33-22/h2-15H,1H3,(H,28,31)(H,29,32). The molecule has 0 aliphatic heterocycles. The summed E-state index contributed by atoms with van der Waals surface area (Å²) >= 11 is 4.65. The highest BCUT2D eigenvalue weighted by molar-refractivity contribution is 9.11. The molecule has 1 aromatic heterocycles. The molecule has 0 aliphatic carbocycles. The zero-order chi connectivity index (χ0) is 23.4. The largest absolute Gasteiger partial charge is 0.321 e. The summed E-state index contributed by atoms with van der Waals surface area (Å²) < 4.78 is 0.841. The van der Waals surface area contributed by atoms with Crippen LogP contribution >= 0.6 is 27.3 Å². The van der Waals surface area contributed by atoms with E-state index in [0.29, 0.717) is 32.9 Å². The molecule has 4 rings (SSSR count). The number of aryl methyl sites for hydroxylation is 1. The van der Waals surface area contributed by atoms with Crippen molar-refractivity contribution in [1.82, 2.24) is 0 Å². The third-order valence-corrected chi connectivity index (χ3v) is 6.54. The number of halogens is 1. The monoisotopic (exact) mass is 518 g/mol. The first-order valence-corrected chi connectivity index (χ1v) is 11.7. The number of carbonyl (C=O) groups excluding carboxylic acids is 3. The lowest BCUT2D eigenvalue weighted by Crippen LogP contribution is -2.19. The van der Waals surface area contributed by atoms with Gasteiger partial charge in [0.1, 0.15) is 0 Å². The molecule has 2 amide bonds. The van der Waals surface area contributed by atoms with Crippen LogP contribution < -0.4 is 10.6 Å². The van der Waals surface area contributed by atoms with Crippen LogP contribution in [-0.4, -0.2) is 17.6 Å². The van der Waals surface area contributed by atoms with Crippen molar-refractivity contribution in [3.63, 3.8) is 0 Å². The molecule has 0 fully saturated rings. The molecule has 33 heavy (non-hydrogen) atoms. The van der Waals surface area contributed by atoms with Crippen LogP contribution in [-0.2, 0) is 0 Å². The Balaban J connectivity index is 1.61. The first kappa shape index (κ1) is 22.6. The Labute approximate surface area is 203 Å². The van der Waals surface area contributed by atoms with Gasteiger partial charge in [0, 0.05) is 11.1 Å². The number of hydrogen-bond donors (Lipinski definition) is 2. The predicted octanol–water partition coefficient (Wildman–Crippen LogP) is 6.55. The van der Waals surface area contributed by atoms with Crippen LogP contribution in [0.3, 0.4) is 0 Å². The van der Waals surface area contributed by atoms with E-state index in [1.54, 1.807) is 72.8 Å². The second-order valence-corrected chi connectivity index (χ2v) is 9.76. The normalized spacial score (nSPS) is 10.5. The maximum absolute atomic E-state index is 13.2. The minimum absolute atomic E-state index is 0.181. The van der Waals surface area contributed by atoms with Gasteiger partial charge in [-0.3, -0.25) is 14.4 Å². The second-order valence-electron chi connectivity index (χ2n) is 7.30. The molecule has 0 unspecified atom stereocenters. The molecule has 2 N–H and O–H groups in total. The van der Waals surface area contributed by atoms with E-state index in [9.17, 15) is 14.4 Å². The molecule has 0 saturated carbocycles. The van der Waals surface area contributed by atoms with E-state index in [0.717, 1.165) is 9.35 Å². The lowest BCUT2D eigenvalue weighted by Gasteiger charge is -2.14. The number of ketones is 1.